The van der Waals surface area contributed by atoms with Gasteiger partial charge in [-0.05, 0) is 6.92 Å². The summed E-state index contributed by atoms with van der Waals surface area (Å²) in [7, 11) is 0. The minimum absolute atomic E-state index is 0.850. The summed E-state index contributed by atoms with van der Waals surface area (Å²) in [4.78, 5) is 0. The molecule has 0 rings (SSSR count). The second-order valence-electron chi connectivity index (χ2n) is 0.688. The van der Waals surface area contributed by atoms with Crippen molar-refractivity contribution in [1.29, 1.82) is 0 Å². The predicted molar refractivity (Wildman–Crippen MR) is 18.6 cm³/mol. The lowest BCUT2D eigenvalue weighted by atomic mass is 10.8. The molecule has 1 unspecified atom stereocenters. The third-order valence-electron chi connectivity index (χ3n) is 0.129. The largest absolute Gasteiger partial charge is 0.367 e. The van der Waals surface area contributed by atoms with Crippen molar-refractivity contribution < 1.29 is 9.40 Å². The lowest BCUT2D eigenvalue weighted by Crippen LogP contribution is -1.95. The molecule has 0 saturated heterocycles. The first-order chi connectivity index (χ1) is 2.27. The number of hydrogen-bond donors (Lipinski definition) is 1. The smallest absolute Gasteiger partial charge is 0.171 e. The van der Waals surface area contributed by atoms with Gasteiger partial charge in [0.1, 0.15) is 0 Å². The van der Waals surface area contributed by atoms with Crippen molar-refractivity contribution in [1.82, 2.24) is 0 Å². The molecular weight excluding hydrogens is 91.5 g/mol. The van der Waals surface area contributed by atoms with Gasteiger partial charge in [-0.3, -0.25) is 0 Å². The molecule has 0 aliphatic carbocycles. The van der Waals surface area contributed by atoms with Gasteiger partial charge >= 0.3 is 0 Å². The van der Waals surface area contributed by atoms with Crippen LogP contribution in [-0.4, -0.2) is 11.4 Å². The Morgan fingerprint density at radius 1 is 2.00 bits per heavy atom. The lowest BCUT2D eigenvalue weighted by molar-refractivity contribution is 0.00720. The number of hydrogen-bond acceptors (Lipinski definition) is 2. The highest BCUT2D eigenvalue weighted by atomic mass is 35.5. The summed E-state index contributed by atoms with van der Waals surface area (Å²) < 4.78 is 3.78. The molecule has 0 spiro atoms. The van der Waals surface area contributed by atoms with Crippen molar-refractivity contribution >= 4 is 11.9 Å². The summed E-state index contributed by atoms with van der Waals surface area (Å²) in [5, 5.41) is 8.01. The highest BCUT2D eigenvalue weighted by Crippen LogP contribution is 1.83. The quantitative estimate of drug-likeness (QED) is 0.482. The van der Waals surface area contributed by atoms with Crippen molar-refractivity contribution in [2.75, 3.05) is 0 Å². The summed E-state index contributed by atoms with van der Waals surface area (Å²) in [6.45, 7) is 1.42. The van der Waals surface area contributed by atoms with Crippen molar-refractivity contribution in [2.45, 2.75) is 13.2 Å². The number of aliphatic hydroxyl groups excluding tert-OH is 1. The molecule has 0 heterocycles. The molecule has 1 N–H and O–H groups in total. The molecule has 0 amide bonds. The first-order valence-electron chi connectivity index (χ1n) is 1.23. The van der Waals surface area contributed by atoms with E-state index in [1.54, 1.807) is 0 Å². The Labute approximate surface area is 35.5 Å². The van der Waals surface area contributed by atoms with E-state index in [2.05, 4.69) is 16.2 Å². The molecule has 0 saturated carbocycles. The molecule has 0 aliphatic heterocycles. The normalized spacial score (nSPS) is 15.0. The molecule has 0 radical (unpaired) electrons. The zero-order valence-electron chi connectivity index (χ0n) is 2.81. The maximum atomic E-state index is 8.01. The molecule has 0 bridgehead atoms. The maximum absolute atomic E-state index is 8.01. The van der Waals surface area contributed by atoms with E-state index < -0.39 is 6.29 Å². The Bertz CT molecular complexity index is 21.6. The lowest BCUT2D eigenvalue weighted by Gasteiger charge is -1.89. The Morgan fingerprint density at radius 2 is 2.20 bits per heavy atom. The van der Waals surface area contributed by atoms with E-state index in [-0.39, 0.29) is 0 Å². The fourth-order valence-electron chi connectivity index (χ4n) is 0. The van der Waals surface area contributed by atoms with Gasteiger partial charge in [-0.1, -0.05) is 0 Å². The molecule has 0 aromatic rings. The van der Waals surface area contributed by atoms with Gasteiger partial charge in [-0.25, -0.2) is 4.29 Å². The Kier molecular flexibility index (Phi) is 2.55. The SMILES string of the molecule is CC(O)OCl. The van der Waals surface area contributed by atoms with Gasteiger partial charge in [-0.2, -0.15) is 0 Å². The van der Waals surface area contributed by atoms with Crippen molar-refractivity contribution in [2.24, 2.45) is 0 Å². The Balaban J connectivity index is 2.54. The van der Waals surface area contributed by atoms with Gasteiger partial charge in [0.05, 0.1) is 11.9 Å². The standard InChI is InChI=1S/C2H5ClO2/c1-2(4)5-3/h2,4H,1H3. The maximum Gasteiger partial charge on any atom is 0.171 e. The molecule has 32 valence electrons. The van der Waals surface area contributed by atoms with Crippen LogP contribution in [0.25, 0.3) is 0 Å². The predicted octanol–water partition coefficient (Wildman–Crippen LogP) is 0.495. The van der Waals surface area contributed by atoms with Gasteiger partial charge in [0.2, 0.25) is 0 Å². The molecule has 0 aromatic heterocycles. The van der Waals surface area contributed by atoms with E-state index in [4.69, 9.17) is 5.11 Å². The van der Waals surface area contributed by atoms with E-state index in [9.17, 15) is 0 Å². The average molecular weight is 96.5 g/mol. The molecular formula is C2H5ClO2. The molecule has 2 nitrogen and oxygen atoms in total. The van der Waals surface area contributed by atoms with Crippen LogP contribution in [0.15, 0.2) is 0 Å². The van der Waals surface area contributed by atoms with E-state index in [0.29, 0.717) is 0 Å². The van der Waals surface area contributed by atoms with Gasteiger partial charge in [0, 0.05) is 0 Å². The average Bonchev–Trinajstić information content (AvgIpc) is 1.38. The van der Waals surface area contributed by atoms with E-state index in [1.807, 2.05) is 0 Å². The monoisotopic (exact) mass is 96.0 g/mol. The third kappa shape index (κ3) is 4.21. The highest BCUT2D eigenvalue weighted by molar-refractivity contribution is 6.07. The highest BCUT2D eigenvalue weighted by Gasteiger charge is 1.83. The zero-order chi connectivity index (χ0) is 4.28. The van der Waals surface area contributed by atoms with Crippen LogP contribution in [-0.2, 0) is 4.29 Å². The van der Waals surface area contributed by atoms with Crippen LogP contribution in [0, 0.1) is 0 Å². The zero-order valence-corrected chi connectivity index (χ0v) is 3.57. The van der Waals surface area contributed by atoms with Gasteiger partial charge in [0.25, 0.3) is 0 Å². The van der Waals surface area contributed by atoms with Crippen LogP contribution in [0.5, 0.6) is 0 Å². The third-order valence-corrected chi connectivity index (χ3v) is 0.387. The minimum atomic E-state index is -0.850. The van der Waals surface area contributed by atoms with E-state index in [0.717, 1.165) is 0 Å². The van der Waals surface area contributed by atoms with E-state index >= 15 is 0 Å². The van der Waals surface area contributed by atoms with Crippen molar-refractivity contribution in [3.8, 4) is 0 Å². The molecule has 1 atom stereocenters. The summed E-state index contributed by atoms with van der Waals surface area (Å²) in [6, 6.07) is 0. The van der Waals surface area contributed by atoms with Gasteiger partial charge < -0.3 is 5.11 Å². The molecule has 0 aliphatic rings. The second kappa shape index (κ2) is 2.45. The van der Waals surface area contributed by atoms with Gasteiger partial charge in [-0.15, -0.1) is 0 Å². The minimum Gasteiger partial charge on any atom is -0.367 e. The summed E-state index contributed by atoms with van der Waals surface area (Å²) in [6.07, 6.45) is -0.850. The number of rotatable bonds is 1. The fourth-order valence-corrected chi connectivity index (χ4v) is 0. The first kappa shape index (κ1) is 5.21. The van der Waals surface area contributed by atoms with Crippen LogP contribution in [0.1, 0.15) is 6.92 Å². The Hall–Kier alpha value is 0.210. The fraction of sp³-hybridized carbons (Fsp3) is 1.00. The summed E-state index contributed by atoms with van der Waals surface area (Å²) in [5.41, 5.74) is 0. The van der Waals surface area contributed by atoms with Crippen LogP contribution >= 0.6 is 11.9 Å². The summed E-state index contributed by atoms with van der Waals surface area (Å²) in [5.74, 6) is 0. The summed E-state index contributed by atoms with van der Waals surface area (Å²) >= 11 is 4.59. The first-order valence-corrected chi connectivity index (χ1v) is 1.53. The second-order valence-corrected chi connectivity index (χ2v) is 0.867. The van der Waals surface area contributed by atoms with Crippen LogP contribution < -0.4 is 0 Å². The molecule has 0 aromatic carbocycles. The van der Waals surface area contributed by atoms with Crippen molar-refractivity contribution in [3.05, 3.63) is 0 Å². The van der Waals surface area contributed by atoms with Crippen LogP contribution in [0.3, 0.4) is 0 Å². The number of aliphatic hydroxyl groups is 1. The van der Waals surface area contributed by atoms with E-state index in [1.165, 1.54) is 6.92 Å². The van der Waals surface area contributed by atoms with Gasteiger partial charge in [0.15, 0.2) is 6.29 Å². The molecule has 0 fully saturated rings. The molecule has 5 heavy (non-hydrogen) atoms. The topological polar surface area (TPSA) is 29.5 Å². The van der Waals surface area contributed by atoms with Crippen LogP contribution in [0.4, 0.5) is 0 Å². The Morgan fingerprint density at radius 3 is 2.20 bits per heavy atom. The van der Waals surface area contributed by atoms with Crippen molar-refractivity contribution in [3.63, 3.8) is 0 Å². The number of halogens is 1. The van der Waals surface area contributed by atoms with Crippen LogP contribution in [0.2, 0.25) is 0 Å². The molecule has 3 heteroatoms.